The van der Waals surface area contributed by atoms with E-state index in [9.17, 15) is 17.6 Å². The second-order valence-electron chi connectivity index (χ2n) is 5.84. The molecule has 0 unspecified atom stereocenters. The zero-order valence-corrected chi connectivity index (χ0v) is 16.9. The molecule has 0 fully saturated rings. The normalized spacial score (nSPS) is 11.2. The first-order valence-corrected chi connectivity index (χ1v) is 11.0. The third-order valence-electron chi connectivity index (χ3n) is 3.83. The number of hydrogen-bond donors (Lipinski definition) is 2. The molecule has 0 spiro atoms. The van der Waals surface area contributed by atoms with Crippen molar-refractivity contribution in [2.75, 3.05) is 11.3 Å². The van der Waals surface area contributed by atoms with Gasteiger partial charge in [0.25, 0.3) is 15.9 Å². The summed E-state index contributed by atoms with van der Waals surface area (Å²) in [6, 6.07) is 12.6. The molecule has 1 amide bonds. The topological polar surface area (TPSA) is 75.3 Å². The lowest BCUT2D eigenvalue weighted by molar-refractivity contribution is 0.0954. The molecule has 0 radical (unpaired) electrons. The van der Waals surface area contributed by atoms with Gasteiger partial charge in [0.05, 0.1) is 15.6 Å². The Bertz CT molecular complexity index is 1070. The van der Waals surface area contributed by atoms with E-state index in [1.54, 1.807) is 11.3 Å². The Morgan fingerprint density at radius 3 is 2.54 bits per heavy atom. The van der Waals surface area contributed by atoms with Gasteiger partial charge in [-0.25, -0.2) is 12.8 Å². The highest BCUT2D eigenvalue weighted by Crippen LogP contribution is 2.26. The first kappa shape index (κ1) is 20.3. The Morgan fingerprint density at radius 2 is 1.86 bits per heavy atom. The van der Waals surface area contributed by atoms with E-state index in [2.05, 4.69) is 10.0 Å². The van der Waals surface area contributed by atoms with Crippen LogP contribution < -0.4 is 10.0 Å². The summed E-state index contributed by atoms with van der Waals surface area (Å²) in [7, 11) is -3.97. The molecule has 2 N–H and O–H groups in total. The predicted octanol–water partition coefficient (Wildman–Crippen LogP) is 4.31. The van der Waals surface area contributed by atoms with E-state index in [-0.39, 0.29) is 27.1 Å². The monoisotopic (exact) mass is 438 g/mol. The molecule has 0 aliphatic rings. The van der Waals surface area contributed by atoms with Gasteiger partial charge in [0.1, 0.15) is 5.82 Å². The van der Waals surface area contributed by atoms with Gasteiger partial charge in [0, 0.05) is 17.0 Å². The van der Waals surface area contributed by atoms with Crippen LogP contribution in [0.4, 0.5) is 10.1 Å². The number of hydrogen-bond acceptors (Lipinski definition) is 4. The van der Waals surface area contributed by atoms with Crippen LogP contribution in [-0.4, -0.2) is 20.9 Å². The van der Waals surface area contributed by atoms with Crippen molar-refractivity contribution in [3.63, 3.8) is 0 Å². The lowest BCUT2D eigenvalue weighted by Gasteiger charge is -2.11. The van der Waals surface area contributed by atoms with Crippen molar-refractivity contribution in [2.45, 2.75) is 11.3 Å². The third kappa shape index (κ3) is 5.09. The van der Waals surface area contributed by atoms with E-state index in [0.717, 1.165) is 29.1 Å². The minimum Gasteiger partial charge on any atom is -0.352 e. The molecule has 3 rings (SSSR count). The fourth-order valence-electron chi connectivity index (χ4n) is 2.42. The van der Waals surface area contributed by atoms with Gasteiger partial charge < -0.3 is 5.32 Å². The summed E-state index contributed by atoms with van der Waals surface area (Å²) in [5, 5.41) is 4.90. The number of rotatable bonds is 7. The number of anilines is 1. The molecule has 9 heteroatoms. The van der Waals surface area contributed by atoms with Gasteiger partial charge in [-0.05, 0) is 60.3 Å². The van der Waals surface area contributed by atoms with Gasteiger partial charge in [-0.1, -0.05) is 17.7 Å². The number of carbonyl (C=O) groups excluding carboxylic acids is 1. The lowest BCUT2D eigenvalue weighted by Crippen LogP contribution is -2.25. The summed E-state index contributed by atoms with van der Waals surface area (Å²) >= 11 is 7.69. The molecule has 0 aliphatic heterocycles. The molecular formula is C19H16ClFN2O3S2. The molecule has 0 atom stereocenters. The highest BCUT2D eigenvalue weighted by atomic mass is 35.5. The zero-order chi connectivity index (χ0) is 20.1. The Hall–Kier alpha value is -2.42. The van der Waals surface area contributed by atoms with E-state index < -0.39 is 15.8 Å². The Kier molecular flexibility index (Phi) is 6.33. The Morgan fingerprint density at radius 1 is 1.11 bits per heavy atom. The number of thiophene rings is 1. The second-order valence-corrected chi connectivity index (χ2v) is 8.96. The maximum absolute atomic E-state index is 13.0. The van der Waals surface area contributed by atoms with Crippen molar-refractivity contribution in [1.29, 1.82) is 0 Å². The minimum atomic E-state index is -3.97. The van der Waals surface area contributed by atoms with Gasteiger partial charge in [-0.2, -0.15) is 0 Å². The largest absolute Gasteiger partial charge is 0.352 e. The standard InChI is InChI=1S/C19H16ClFN2O3S2/c20-17-8-3-13(19(24)22-10-9-15-2-1-11-27-15)12-18(17)23-28(25,26)16-6-4-14(21)5-7-16/h1-8,11-12,23H,9-10H2,(H,22,24). The van der Waals surface area contributed by atoms with Crippen LogP contribution in [0.5, 0.6) is 0 Å². The van der Waals surface area contributed by atoms with Crippen molar-refractivity contribution in [3.05, 3.63) is 81.3 Å². The highest BCUT2D eigenvalue weighted by Gasteiger charge is 2.17. The molecule has 0 saturated heterocycles. The molecule has 0 aliphatic carbocycles. The van der Waals surface area contributed by atoms with Crippen LogP contribution in [0.15, 0.2) is 64.9 Å². The van der Waals surface area contributed by atoms with Gasteiger partial charge in [0.2, 0.25) is 0 Å². The molecule has 1 aromatic heterocycles. The van der Waals surface area contributed by atoms with E-state index in [1.165, 1.54) is 18.2 Å². The zero-order valence-electron chi connectivity index (χ0n) is 14.5. The smallest absolute Gasteiger partial charge is 0.261 e. The Balaban J connectivity index is 1.71. The van der Waals surface area contributed by atoms with Crippen molar-refractivity contribution < 1.29 is 17.6 Å². The first-order chi connectivity index (χ1) is 13.3. The average molecular weight is 439 g/mol. The van der Waals surface area contributed by atoms with Crippen LogP contribution in [0.25, 0.3) is 0 Å². The molecule has 28 heavy (non-hydrogen) atoms. The quantitative estimate of drug-likeness (QED) is 0.577. The van der Waals surface area contributed by atoms with Crippen molar-refractivity contribution in [3.8, 4) is 0 Å². The van der Waals surface area contributed by atoms with E-state index in [4.69, 9.17) is 11.6 Å². The summed E-state index contributed by atoms with van der Waals surface area (Å²) in [6.07, 6.45) is 0.709. The number of nitrogens with one attached hydrogen (secondary N) is 2. The summed E-state index contributed by atoms with van der Waals surface area (Å²) in [5.74, 6) is -0.881. The summed E-state index contributed by atoms with van der Waals surface area (Å²) in [6.45, 7) is 0.457. The number of sulfonamides is 1. The minimum absolute atomic E-state index is 0.0666. The van der Waals surface area contributed by atoms with Gasteiger partial charge in [-0.15, -0.1) is 11.3 Å². The average Bonchev–Trinajstić information content (AvgIpc) is 3.17. The van der Waals surface area contributed by atoms with Crippen LogP contribution in [0.3, 0.4) is 0 Å². The molecule has 2 aromatic carbocycles. The van der Waals surface area contributed by atoms with Gasteiger partial charge >= 0.3 is 0 Å². The van der Waals surface area contributed by atoms with Crippen LogP contribution >= 0.6 is 22.9 Å². The van der Waals surface area contributed by atoms with Crippen molar-refractivity contribution in [2.24, 2.45) is 0 Å². The second kappa shape index (κ2) is 8.72. The lowest BCUT2D eigenvalue weighted by atomic mass is 10.2. The van der Waals surface area contributed by atoms with Gasteiger partial charge in [-0.3, -0.25) is 9.52 Å². The van der Waals surface area contributed by atoms with Crippen LogP contribution in [-0.2, 0) is 16.4 Å². The molecular weight excluding hydrogens is 423 g/mol. The SMILES string of the molecule is O=C(NCCc1cccs1)c1ccc(Cl)c(NS(=O)(=O)c2ccc(F)cc2)c1. The number of amides is 1. The molecule has 146 valence electrons. The first-order valence-electron chi connectivity index (χ1n) is 8.24. The third-order valence-corrected chi connectivity index (χ3v) is 6.48. The van der Waals surface area contributed by atoms with Crippen molar-refractivity contribution in [1.82, 2.24) is 5.32 Å². The van der Waals surface area contributed by atoms with E-state index >= 15 is 0 Å². The Labute approximate surface area is 171 Å². The predicted molar refractivity (Wildman–Crippen MR) is 109 cm³/mol. The fraction of sp³-hybridized carbons (Fsp3) is 0.105. The molecule has 0 bridgehead atoms. The summed E-state index contributed by atoms with van der Waals surface area (Å²) < 4.78 is 40.3. The number of halogens is 2. The molecule has 5 nitrogen and oxygen atoms in total. The fourth-order valence-corrected chi connectivity index (χ4v) is 4.42. The summed E-state index contributed by atoms with van der Waals surface area (Å²) in [4.78, 5) is 13.4. The summed E-state index contributed by atoms with van der Waals surface area (Å²) in [5.41, 5.74) is 0.337. The van der Waals surface area contributed by atoms with Crippen molar-refractivity contribution >= 4 is 44.6 Å². The van der Waals surface area contributed by atoms with Crippen LogP contribution in [0, 0.1) is 5.82 Å². The van der Waals surface area contributed by atoms with Gasteiger partial charge in [0.15, 0.2) is 0 Å². The number of carbonyl (C=O) groups is 1. The number of benzene rings is 2. The van der Waals surface area contributed by atoms with Crippen LogP contribution in [0.2, 0.25) is 5.02 Å². The molecule has 1 heterocycles. The maximum Gasteiger partial charge on any atom is 0.261 e. The molecule has 3 aromatic rings. The highest BCUT2D eigenvalue weighted by molar-refractivity contribution is 7.92. The maximum atomic E-state index is 13.0. The van der Waals surface area contributed by atoms with E-state index in [1.807, 2.05) is 17.5 Å². The van der Waals surface area contributed by atoms with E-state index in [0.29, 0.717) is 13.0 Å². The van der Waals surface area contributed by atoms with Crippen LogP contribution in [0.1, 0.15) is 15.2 Å². The molecule has 0 saturated carbocycles.